The van der Waals surface area contributed by atoms with Crippen molar-refractivity contribution in [3.8, 4) is 5.75 Å². The van der Waals surface area contributed by atoms with Gasteiger partial charge in [-0.05, 0) is 64.3 Å². The van der Waals surface area contributed by atoms with E-state index >= 15 is 0 Å². The molecule has 2 nitrogen and oxygen atoms in total. The predicted octanol–water partition coefficient (Wildman–Crippen LogP) is 4.33. The highest BCUT2D eigenvalue weighted by molar-refractivity contribution is 9.10. The molecule has 0 saturated heterocycles. The van der Waals surface area contributed by atoms with Crippen molar-refractivity contribution in [3.63, 3.8) is 0 Å². The average Bonchev–Trinajstić information content (AvgIpc) is 2.41. The zero-order chi connectivity index (χ0) is 14.7. The fourth-order valence-electron chi connectivity index (χ4n) is 1.97. The molecule has 0 aliphatic rings. The zero-order valence-corrected chi connectivity index (χ0v) is 12.8. The maximum atomic E-state index is 13.0. The topological polar surface area (TPSA) is 26.3 Å². The van der Waals surface area contributed by atoms with Crippen LogP contribution < -0.4 is 4.74 Å². The summed E-state index contributed by atoms with van der Waals surface area (Å²) in [6.45, 7) is 1.80. The Morgan fingerprint density at radius 2 is 2.00 bits per heavy atom. The van der Waals surface area contributed by atoms with Crippen LogP contribution in [0.3, 0.4) is 0 Å². The summed E-state index contributed by atoms with van der Waals surface area (Å²) < 4.78 is 18.9. The van der Waals surface area contributed by atoms with Crippen molar-refractivity contribution >= 4 is 21.7 Å². The fraction of sp³-hybridized carbons (Fsp3) is 0.188. The Hall–Kier alpha value is -1.68. The average molecular weight is 337 g/mol. The number of hydrogen-bond acceptors (Lipinski definition) is 2. The van der Waals surface area contributed by atoms with Gasteiger partial charge in [0.2, 0.25) is 0 Å². The molecule has 0 aromatic heterocycles. The maximum Gasteiger partial charge on any atom is 0.167 e. The van der Waals surface area contributed by atoms with E-state index in [0.717, 1.165) is 15.6 Å². The molecular formula is C16H14BrFO2. The first-order valence-electron chi connectivity index (χ1n) is 6.13. The number of aryl methyl sites for hydroxylation is 1. The fourth-order valence-corrected chi connectivity index (χ4v) is 2.51. The lowest BCUT2D eigenvalue weighted by atomic mass is 9.99. The first-order chi connectivity index (χ1) is 9.51. The van der Waals surface area contributed by atoms with Crippen molar-refractivity contribution in [1.29, 1.82) is 0 Å². The smallest absolute Gasteiger partial charge is 0.167 e. The molecule has 0 spiro atoms. The summed E-state index contributed by atoms with van der Waals surface area (Å²) in [5.74, 6) is 0.383. The van der Waals surface area contributed by atoms with Gasteiger partial charge in [-0.1, -0.05) is 6.07 Å². The van der Waals surface area contributed by atoms with E-state index in [0.29, 0.717) is 11.3 Å². The Morgan fingerprint density at radius 3 is 2.60 bits per heavy atom. The molecule has 0 atom stereocenters. The third-order valence-corrected chi connectivity index (χ3v) is 3.75. The largest absolute Gasteiger partial charge is 0.496 e. The number of ketones is 1. The molecule has 2 aromatic carbocycles. The predicted molar refractivity (Wildman–Crippen MR) is 79.9 cm³/mol. The quantitative estimate of drug-likeness (QED) is 0.776. The summed E-state index contributed by atoms with van der Waals surface area (Å²) >= 11 is 3.36. The van der Waals surface area contributed by atoms with Crippen LogP contribution in [0.2, 0.25) is 0 Å². The van der Waals surface area contributed by atoms with Gasteiger partial charge in [0.05, 0.1) is 11.6 Å². The van der Waals surface area contributed by atoms with E-state index in [9.17, 15) is 9.18 Å². The SMILES string of the molecule is COc1ccc(C(=O)Cc2ccc(F)cc2C)cc1Br. The summed E-state index contributed by atoms with van der Waals surface area (Å²) in [7, 11) is 1.57. The Labute approximate surface area is 125 Å². The summed E-state index contributed by atoms with van der Waals surface area (Å²) in [6.07, 6.45) is 0.255. The first-order valence-corrected chi connectivity index (χ1v) is 6.92. The molecular weight excluding hydrogens is 323 g/mol. The normalized spacial score (nSPS) is 10.4. The number of ether oxygens (including phenoxy) is 1. The van der Waals surface area contributed by atoms with E-state index in [1.54, 1.807) is 38.3 Å². The number of benzene rings is 2. The van der Waals surface area contributed by atoms with Gasteiger partial charge >= 0.3 is 0 Å². The first kappa shape index (κ1) is 14.7. The molecule has 0 saturated carbocycles. The molecule has 104 valence electrons. The Balaban J connectivity index is 2.21. The van der Waals surface area contributed by atoms with Gasteiger partial charge in [0, 0.05) is 12.0 Å². The van der Waals surface area contributed by atoms with Crippen LogP contribution in [0.5, 0.6) is 5.75 Å². The van der Waals surface area contributed by atoms with Gasteiger partial charge in [0.25, 0.3) is 0 Å². The molecule has 0 unspecified atom stereocenters. The highest BCUT2D eigenvalue weighted by Crippen LogP contribution is 2.26. The lowest BCUT2D eigenvalue weighted by Crippen LogP contribution is -2.05. The maximum absolute atomic E-state index is 13.0. The lowest BCUT2D eigenvalue weighted by Gasteiger charge is -2.08. The number of halogens is 2. The molecule has 4 heteroatoms. The third kappa shape index (κ3) is 3.25. The molecule has 0 radical (unpaired) electrons. The number of rotatable bonds is 4. The minimum Gasteiger partial charge on any atom is -0.496 e. The van der Waals surface area contributed by atoms with Crippen LogP contribution in [-0.2, 0) is 6.42 Å². The van der Waals surface area contributed by atoms with E-state index in [2.05, 4.69) is 15.9 Å². The monoisotopic (exact) mass is 336 g/mol. The van der Waals surface area contributed by atoms with Gasteiger partial charge in [-0.25, -0.2) is 4.39 Å². The highest BCUT2D eigenvalue weighted by atomic mass is 79.9. The Kier molecular flexibility index (Phi) is 4.55. The molecule has 20 heavy (non-hydrogen) atoms. The van der Waals surface area contributed by atoms with E-state index in [4.69, 9.17) is 4.74 Å². The van der Waals surface area contributed by atoms with E-state index in [1.807, 2.05) is 0 Å². The summed E-state index contributed by atoms with van der Waals surface area (Å²) in [6, 6.07) is 9.67. The molecule has 0 amide bonds. The molecule has 0 bridgehead atoms. The number of methoxy groups -OCH3 is 1. The van der Waals surface area contributed by atoms with E-state index in [1.165, 1.54) is 12.1 Å². The molecule has 2 aromatic rings. The van der Waals surface area contributed by atoms with Crippen LogP contribution in [-0.4, -0.2) is 12.9 Å². The Bertz CT molecular complexity index is 653. The van der Waals surface area contributed by atoms with Crippen molar-refractivity contribution in [2.45, 2.75) is 13.3 Å². The van der Waals surface area contributed by atoms with Crippen LogP contribution in [0.1, 0.15) is 21.5 Å². The van der Waals surface area contributed by atoms with Gasteiger partial charge in [0.15, 0.2) is 5.78 Å². The van der Waals surface area contributed by atoms with Crippen molar-refractivity contribution in [3.05, 3.63) is 63.4 Å². The second-order valence-electron chi connectivity index (χ2n) is 4.52. The Morgan fingerprint density at radius 1 is 1.25 bits per heavy atom. The van der Waals surface area contributed by atoms with Crippen molar-refractivity contribution in [2.24, 2.45) is 0 Å². The van der Waals surface area contributed by atoms with Crippen LogP contribution in [0, 0.1) is 12.7 Å². The van der Waals surface area contributed by atoms with Crippen molar-refractivity contribution in [1.82, 2.24) is 0 Å². The van der Waals surface area contributed by atoms with Gasteiger partial charge in [-0.15, -0.1) is 0 Å². The van der Waals surface area contributed by atoms with E-state index < -0.39 is 0 Å². The molecule has 0 fully saturated rings. The van der Waals surface area contributed by atoms with Gasteiger partial charge in [0.1, 0.15) is 11.6 Å². The van der Waals surface area contributed by atoms with Gasteiger partial charge < -0.3 is 4.74 Å². The van der Waals surface area contributed by atoms with Gasteiger partial charge in [-0.2, -0.15) is 0 Å². The number of hydrogen-bond donors (Lipinski definition) is 0. The molecule has 2 rings (SSSR count). The minimum absolute atomic E-state index is 0.0111. The summed E-state index contributed by atoms with van der Waals surface area (Å²) in [5.41, 5.74) is 2.22. The van der Waals surface area contributed by atoms with Crippen LogP contribution in [0.25, 0.3) is 0 Å². The number of carbonyl (C=O) groups excluding carboxylic acids is 1. The second kappa shape index (κ2) is 6.18. The lowest BCUT2D eigenvalue weighted by molar-refractivity contribution is 0.0992. The van der Waals surface area contributed by atoms with Crippen LogP contribution >= 0.6 is 15.9 Å². The molecule has 0 heterocycles. The van der Waals surface area contributed by atoms with Crippen LogP contribution in [0.15, 0.2) is 40.9 Å². The van der Waals surface area contributed by atoms with Gasteiger partial charge in [-0.3, -0.25) is 4.79 Å². The highest BCUT2D eigenvalue weighted by Gasteiger charge is 2.11. The standard InChI is InChI=1S/C16H14BrFO2/c1-10-7-13(18)5-3-11(10)9-15(19)12-4-6-16(20-2)14(17)8-12/h3-8H,9H2,1-2H3. The van der Waals surface area contributed by atoms with Crippen molar-refractivity contribution < 1.29 is 13.9 Å². The molecule has 0 aliphatic carbocycles. The van der Waals surface area contributed by atoms with E-state index in [-0.39, 0.29) is 18.0 Å². The minimum atomic E-state index is -0.286. The molecule has 0 aliphatic heterocycles. The van der Waals surface area contributed by atoms with Crippen LogP contribution in [0.4, 0.5) is 4.39 Å². The number of carbonyl (C=O) groups is 1. The third-order valence-electron chi connectivity index (χ3n) is 3.13. The second-order valence-corrected chi connectivity index (χ2v) is 5.37. The zero-order valence-electron chi connectivity index (χ0n) is 11.2. The summed E-state index contributed by atoms with van der Waals surface area (Å²) in [4.78, 5) is 12.2. The molecule has 0 N–H and O–H groups in total. The number of Topliss-reactive ketones (excluding diaryl/α,β-unsaturated/α-hetero) is 1. The summed E-state index contributed by atoms with van der Waals surface area (Å²) in [5, 5.41) is 0. The van der Waals surface area contributed by atoms with Crippen molar-refractivity contribution in [2.75, 3.05) is 7.11 Å².